The molecule has 3 aliphatic heterocycles. The van der Waals surface area contributed by atoms with E-state index in [9.17, 15) is 9.18 Å². The van der Waals surface area contributed by atoms with Crippen molar-refractivity contribution in [2.75, 3.05) is 31.5 Å². The van der Waals surface area contributed by atoms with Gasteiger partial charge in [0.15, 0.2) is 0 Å². The smallest absolute Gasteiger partial charge is 0.319 e. The molecule has 40 heavy (non-hydrogen) atoms. The Hall–Kier alpha value is -4.00. The Morgan fingerprint density at radius 3 is 2.20 bits per heavy atom. The molecule has 1 fully saturated rings. The first-order valence-electron chi connectivity index (χ1n) is 13.7. The van der Waals surface area contributed by atoms with Crippen molar-refractivity contribution >= 4 is 11.7 Å². The Balaban J connectivity index is 1.09. The molecule has 12 nitrogen and oxygen atoms in total. The number of urea groups is 1. The maximum atomic E-state index is 13.2. The lowest BCUT2D eigenvalue weighted by molar-refractivity contribution is 0.171. The summed E-state index contributed by atoms with van der Waals surface area (Å²) in [6.07, 6.45) is 5.23. The zero-order valence-electron chi connectivity index (χ0n) is 22.8. The highest BCUT2D eigenvalue weighted by Crippen LogP contribution is 2.39. The summed E-state index contributed by atoms with van der Waals surface area (Å²) < 4.78 is 13.2. The maximum absolute atomic E-state index is 13.2. The van der Waals surface area contributed by atoms with Crippen LogP contribution in [-0.4, -0.2) is 37.1 Å². The molecule has 210 valence electrons. The van der Waals surface area contributed by atoms with E-state index in [1.807, 2.05) is 18.2 Å². The molecule has 2 aromatic rings. The van der Waals surface area contributed by atoms with Gasteiger partial charge in [0, 0.05) is 29.9 Å². The second-order valence-corrected chi connectivity index (χ2v) is 10.8. The van der Waals surface area contributed by atoms with Gasteiger partial charge in [0.1, 0.15) is 5.82 Å². The van der Waals surface area contributed by atoms with Crippen LogP contribution in [0.4, 0.5) is 14.9 Å². The van der Waals surface area contributed by atoms with Gasteiger partial charge in [0.05, 0.1) is 0 Å². The lowest BCUT2D eigenvalue weighted by atomic mass is 9.91. The van der Waals surface area contributed by atoms with Crippen molar-refractivity contribution in [2.24, 2.45) is 47.3 Å². The quantitative estimate of drug-likeness (QED) is 0.319. The van der Waals surface area contributed by atoms with Crippen molar-refractivity contribution in [1.82, 2.24) is 10.2 Å². The average Bonchev–Trinajstić information content (AvgIpc) is 3.60. The summed E-state index contributed by atoms with van der Waals surface area (Å²) in [4.78, 5) is 15.2. The Kier molecular flexibility index (Phi) is 8.29. The van der Waals surface area contributed by atoms with E-state index in [-0.39, 0.29) is 11.8 Å². The molecule has 5 rings (SSSR count). The van der Waals surface area contributed by atoms with Crippen LogP contribution in [0, 0.1) is 11.7 Å². The Labute approximate surface area is 232 Å². The molecule has 1 atom stereocenters. The Morgan fingerprint density at radius 2 is 1.57 bits per heavy atom. The fourth-order valence-corrected chi connectivity index (χ4v) is 5.26. The number of nitrogens with one attached hydrogen (secondary N) is 2. The average molecular weight is 548 g/mol. The third kappa shape index (κ3) is 6.76. The first kappa shape index (κ1) is 27.6. The van der Waals surface area contributed by atoms with Crippen LogP contribution in [-0.2, 0) is 17.7 Å². The number of rotatable bonds is 10. The molecule has 13 heteroatoms. The van der Waals surface area contributed by atoms with Gasteiger partial charge in [-0.2, -0.15) is 0 Å². The molecule has 0 aliphatic carbocycles. The van der Waals surface area contributed by atoms with Gasteiger partial charge >= 0.3 is 6.03 Å². The van der Waals surface area contributed by atoms with Gasteiger partial charge in [0.2, 0.25) is 11.3 Å². The highest BCUT2D eigenvalue weighted by Gasteiger charge is 2.35. The monoisotopic (exact) mass is 547 g/mol. The summed E-state index contributed by atoms with van der Waals surface area (Å²) >= 11 is 0. The number of carbonyl (C=O) groups excluding carboxylic acids is 1. The number of carbonyl (C=O) groups is 1. The van der Waals surface area contributed by atoms with Gasteiger partial charge < -0.3 is 15.5 Å². The first-order valence-corrected chi connectivity index (χ1v) is 13.7. The van der Waals surface area contributed by atoms with Crippen molar-refractivity contribution in [3.63, 3.8) is 0 Å². The van der Waals surface area contributed by atoms with Crippen molar-refractivity contribution < 1.29 is 9.18 Å². The second-order valence-electron chi connectivity index (χ2n) is 10.8. The van der Waals surface area contributed by atoms with Crippen LogP contribution in [0.3, 0.4) is 0 Å². The minimum Gasteiger partial charge on any atom is -0.338 e. The van der Waals surface area contributed by atoms with E-state index >= 15 is 0 Å². The van der Waals surface area contributed by atoms with Crippen LogP contribution < -0.4 is 10.6 Å². The molecule has 3 heterocycles. The molecule has 1 saturated heterocycles. The third-order valence-corrected chi connectivity index (χ3v) is 7.55. The van der Waals surface area contributed by atoms with Gasteiger partial charge in [-0.15, -0.1) is 20.5 Å². The van der Waals surface area contributed by atoms with E-state index in [4.69, 9.17) is 0 Å². The topological polar surface area (TPSA) is 143 Å². The minimum atomic E-state index is -1.00. The summed E-state index contributed by atoms with van der Waals surface area (Å²) in [6.45, 7) is 7.28. The molecule has 0 saturated carbocycles. The van der Waals surface area contributed by atoms with Gasteiger partial charge in [-0.05, 0) is 122 Å². The van der Waals surface area contributed by atoms with Crippen LogP contribution in [0.5, 0.6) is 0 Å². The van der Waals surface area contributed by atoms with E-state index in [2.05, 4.69) is 56.9 Å². The van der Waals surface area contributed by atoms with E-state index < -0.39 is 11.3 Å². The standard InChI is InChI=1S/C27H34FN11O/c1-26(31-35-36-32-26)21-15-22(27(2)33-37-38-34-27)17-24(16-21)30-25(40)29-11-3-4-12-39-13-5-6-20(18-39)14-19-7-9-23(28)10-8-19/h7-10,15-17,20H,3-6,11-14,18H2,1-2H3,(H2,29,30,40). The third-order valence-electron chi connectivity index (χ3n) is 7.55. The Morgan fingerprint density at radius 1 is 0.950 bits per heavy atom. The van der Waals surface area contributed by atoms with Gasteiger partial charge in [-0.1, -0.05) is 12.1 Å². The fraction of sp³-hybridized carbons (Fsp3) is 0.519. The molecule has 2 aromatic carbocycles. The first-order chi connectivity index (χ1) is 19.3. The molecule has 1 unspecified atom stereocenters. The van der Waals surface area contributed by atoms with E-state index in [1.54, 1.807) is 26.0 Å². The highest BCUT2D eigenvalue weighted by atomic mass is 19.1. The molecule has 0 bridgehead atoms. The summed E-state index contributed by atoms with van der Waals surface area (Å²) in [6, 6.07) is 12.0. The van der Waals surface area contributed by atoms with Crippen LogP contribution >= 0.6 is 0 Å². The van der Waals surface area contributed by atoms with Gasteiger partial charge in [-0.25, -0.2) is 9.18 Å². The summed E-state index contributed by atoms with van der Waals surface area (Å²) in [7, 11) is 0. The van der Waals surface area contributed by atoms with Crippen molar-refractivity contribution in [3.8, 4) is 0 Å². The van der Waals surface area contributed by atoms with Crippen molar-refractivity contribution in [1.29, 1.82) is 0 Å². The van der Waals surface area contributed by atoms with E-state index in [0.29, 0.717) is 29.3 Å². The van der Waals surface area contributed by atoms with Crippen LogP contribution in [0.1, 0.15) is 56.2 Å². The summed E-state index contributed by atoms with van der Waals surface area (Å²) in [5.74, 6) is 0.401. The predicted molar refractivity (Wildman–Crippen MR) is 146 cm³/mol. The zero-order chi connectivity index (χ0) is 28.0. The van der Waals surface area contributed by atoms with Crippen molar-refractivity contribution in [3.05, 3.63) is 65.0 Å². The van der Waals surface area contributed by atoms with Crippen LogP contribution in [0.25, 0.3) is 0 Å². The number of amides is 2. The minimum absolute atomic E-state index is 0.189. The molecule has 0 aromatic heterocycles. The number of anilines is 1. The summed E-state index contributed by atoms with van der Waals surface area (Å²) in [5, 5.41) is 36.9. The van der Waals surface area contributed by atoms with Gasteiger partial charge in [-0.3, -0.25) is 0 Å². The maximum Gasteiger partial charge on any atom is 0.319 e. The fourth-order valence-electron chi connectivity index (χ4n) is 5.26. The number of halogens is 1. The number of likely N-dealkylation sites (tertiary alicyclic amines) is 1. The number of benzene rings is 2. The molecular weight excluding hydrogens is 513 g/mol. The molecule has 0 radical (unpaired) electrons. The van der Waals surface area contributed by atoms with Gasteiger partial charge in [0.25, 0.3) is 0 Å². The number of unbranched alkanes of at least 4 members (excludes halogenated alkanes) is 1. The molecular formula is C27H34FN11O. The summed E-state index contributed by atoms with van der Waals surface area (Å²) in [5.41, 5.74) is 1.10. The number of hydrogen-bond acceptors (Lipinski definition) is 10. The highest BCUT2D eigenvalue weighted by molar-refractivity contribution is 5.89. The number of nitrogens with zero attached hydrogens (tertiary/aromatic N) is 9. The lowest BCUT2D eigenvalue weighted by Gasteiger charge is -2.32. The van der Waals surface area contributed by atoms with Crippen LogP contribution in [0.15, 0.2) is 83.8 Å². The molecule has 2 N–H and O–H groups in total. The number of piperidine rings is 1. The van der Waals surface area contributed by atoms with E-state index in [1.165, 1.54) is 30.5 Å². The second kappa shape index (κ2) is 12.0. The Bertz CT molecular complexity index is 1250. The number of hydrogen-bond donors (Lipinski definition) is 2. The van der Waals surface area contributed by atoms with E-state index in [0.717, 1.165) is 38.9 Å². The zero-order valence-corrected chi connectivity index (χ0v) is 22.8. The van der Waals surface area contributed by atoms with Crippen LogP contribution in [0.2, 0.25) is 0 Å². The van der Waals surface area contributed by atoms with Crippen molar-refractivity contribution in [2.45, 2.75) is 57.3 Å². The molecule has 2 amide bonds. The lowest BCUT2D eigenvalue weighted by Crippen LogP contribution is -2.37. The largest absolute Gasteiger partial charge is 0.338 e. The predicted octanol–water partition coefficient (Wildman–Crippen LogP) is 6.69. The molecule has 3 aliphatic rings. The SMILES string of the molecule is CC1(c2cc(NC(=O)NCCCCN3CCCC(Cc4ccc(F)cc4)C3)cc(C3(C)N=NN=N3)c2)N=NN=N1. The molecule has 0 spiro atoms. The normalized spacial score (nSPS) is 20.7.